The van der Waals surface area contributed by atoms with E-state index in [4.69, 9.17) is 5.11 Å². The molecule has 2 amide bonds. The van der Waals surface area contributed by atoms with Crippen LogP contribution in [0.1, 0.15) is 32.6 Å². The van der Waals surface area contributed by atoms with Crippen LogP contribution in [0.2, 0.25) is 0 Å². The first-order valence-corrected chi connectivity index (χ1v) is 6.54. The Morgan fingerprint density at radius 2 is 1.90 bits per heavy atom. The molecule has 0 bridgehead atoms. The van der Waals surface area contributed by atoms with Gasteiger partial charge in [0.25, 0.3) is 0 Å². The molecule has 5 nitrogen and oxygen atoms in total. The predicted molar refractivity (Wildman–Crippen MR) is 65.2 cm³/mol. The zero-order valence-corrected chi connectivity index (χ0v) is 11.2. The molecule has 20 heavy (non-hydrogen) atoms. The smallest absolute Gasteiger partial charge is 0.391 e. The fourth-order valence-corrected chi connectivity index (χ4v) is 2.12. The van der Waals surface area contributed by atoms with Crippen molar-refractivity contribution in [1.82, 2.24) is 10.2 Å². The maximum atomic E-state index is 12.5. The second-order valence-electron chi connectivity index (χ2n) is 5.09. The average molecular weight is 296 g/mol. The van der Waals surface area contributed by atoms with Gasteiger partial charge in [-0.2, -0.15) is 13.2 Å². The van der Waals surface area contributed by atoms with Gasteiger partial charge < -0.3 is 15.3 Å². The van der Waals surface area contributed by atoms with Crippen molar-refractivity contribution in [2.45, 2.75) is 44.8 Å². The largest absolute Gasteiger partial charge is 0.481 e. The monoisotopic (exact) mass is 296 g/mol. The number of rotatable bonds is 4. The lowest BCUT2D eigenvalue weighted by atomic mass is 9.96. The van der Waals surface area contributed by atoms with Crippen LogP contribution in [0.25, 0.3) is 0 Å². The summed E-state index contributed by atoms with van der Waals surface area (Å²) in [6.07, 6.45) is -4.13. The minimum absolute atomic E-state index is 0.0579. The number of carboxylic acids is 1. The number of halogens is 3. The van der Waals surface area contributed by atoms with E-state index < -0.39 is 24.1 Å². The number of nitrogens with zero attached hydrogens (tertiary/aromatic N) is 1. The summed E-state index contributed by atoms with van der Waals surface area (Å²) in [5.74, 6) is -2.28. The molecule has 1 atom stereocenters. The first kappa shape index (κ1) is 16.6. The Bertz CT molecular complexity index is 352. The number of nitrogens with one attached hydrogen (secondary N) is 1. The number of amides is 2. The molecular weight excluding hydrogens is 277 g/mol. The quantitative estimate of drug-likeness (QED) is 0.835. The highest BCUT2D eigenvalue weighted by Gasteiger charge is 2.41. The van der Waals surface area contributed by atoms with Crippen LogP contribution in [-0.2, 0) is 4.79 Å². The fourth-order valence-electron chi connectivity index (χ4n) is 2.12. The Balaban J connectivity index is 2.34. The maximum absolute atomic E-state index is 12.5. The van der Waals surface area contributed by atoms with Crippen molar-refractivity contribution in [3.05, 3.63) is 0 Å². The van der Waals surface area contributed by atoms with Crippen LogP contribution in [0.5, 0.6) is 0 Å². The molecule has 0 aromatic heterocycles. The van der Waals surface area contributed by atoms with E-state index >= 15 is 0 Å². The highest BCUT2D eigenvalue weighted by molar-refractivity contribution is 5.74. The van der Waals surface area contributed by atoms with Gasteiger partial charge in [0.2, 0.25) is 0 Å². The number of piperidine rings is 1. The van der Waals surface area contributed by atoms with Gasteiger partial charge in [0.1, 0.15) is 0 Å². The lowest BCUT2D eigenvalue weighted by molar-refractivity contribution is -0.183. The van der Waals surface area contributed by atoms with Crippen LogP contribution in [0.3, 0.4) is 0 Å². The third-order valence-corrected chi connectivity index (χ3v) is 3.41. The molecule has 0 radical (unpaired) electrons. The zero-order valence-electron chi connectivity index (χ0n) is 11.2. The van der Waals surface area contributed by atoms with Crippen LogP contribution >= 0.6 is 0 Å². The number of carbonyl (C=O) groups excluding carboxylic acids is 1. The summed E-state index contributed by atoms with van der Waals surface area (Å²) < 4.78 is 37.4. The van der Waals surface area contributed by atoms with Crippen molar-refractivity contribution in [3.8, 4) is 0 Å². The van der Waals surface area contributed by atoms with Crippen LogP contribution in [0.15, 0.2) is 0 Å². The standard InChI is InChI=1S/C12H19F3N2O3/c1-8(2-3-10(18)19)16-11(20)17-6-4-9(5-7-17)12(13,14)15/h8-9H,2-7H2,1H3,(H,16,20)(H,18,19). The van der Waals surface area contributed by atoms with Gasteiger partial charge in [-0.3, -0.25) is 4.79 Å². The second-order valence-corrected chi connectivity index (χ2v) is 5.09. The van der Waals surface area contributed by atoms with E-state index in [9.17, 15) is 22.8 Å². The molecule has 1 fully saturated rings. The average Bonchev–Trinajstić information content (AvgIpc) is 2.35. The van der Waals surface area contributed by atoms with E-state index in [0.29, 0.717) is 6.42 Å². The molecule has 1 unspecified atom stereocenters. The van der Waals surface area contributed by atoms with Gasteiger partial charge in [-0.1, -0.05) is 0 Å². The third kappa shape index (κ3) is 5.26. The Labute approximate surface area is 115 Å². The number of hydrogen-bond acceptors (Lipinski definition) is 2. The molecule has 0 saturated carbocycles. The SMILES string of the molecule is CC(CCC(=O)O)NC(=O)N1CCC(C(F)(F)F)CC1. The van der Waals surface area contributed by atoms with Gasteiger partial charge in [0.05, 0.1) is 5.92 Å². The zero-order chi connectivity index (χ0) is 15.3. The van der Waals surface area contributed by atoms with Crippen molar-refractivity contribution in [3.63, 3.8) is 0 Å². The third-order valence-electron chi connectivity index (χ3n) is 3.41. The summed E-state index contributed by atoms with van der Waals surface area (Å²) in [5, 5.41) is 11.1. The molecule has 2 N–H and O–H groups in total. The first-order valence-electron chi connectivity index (χ1n) is 6.54. The molecule has 8 heteroatoms. The topological polar surface area (TPSA) is 69.6 Å². The number of carboxylic acid groups (broad SMARTS) is 1. The van der Waals surface area contributed by atoms with Crippen molar-refractivity contribution in [2.24, 2.45) is 5.92 Å². The summed E-state index contributed by atoms with van der Waals surface area (Å²) >= 11 is 0. The van der Waals surface area contributed by atoms with Crippen LogP contribution < -0.4 is 5.32 Å². The lowest BCUT2D eigenvalue weighted by Gasteiger charge is -2.33. The second kappa shape index (κ2) is 6.81. The highest BCUT2D eigenvalue weighted by atomic mass is 19.4. The molecule has 1 aliphatic rings. The minimum atomic E-state index is -4.20. The maximum Gasteiger partial charge on any atom is 0.391 e. The van der Waals surface area contributed by atoms with E-state index in [1.54, 1.807) is 6.92 Å². The van der Waals surface area contributed by atoms with Crippen molar-refractivity contribution < 1.29 is 27.9 Å². The van der Waals surface area contributed by atoms with Crippen LogP contribution in [0, 0.1) is 5.92 Å². The van der Waals surface area contributed by atoms with Crippen molar-refractivity contribution in [1.29, 1.82) is 0 Å². The molecule has 0 aromatic carbocycles. The molecule has 1 heterocycles. The minimum Gasteiger partial charge on any atom is -0.481 e. The van der Waals surface area contributed by atoms with Crippen LogP contribution in [0.4, 0.5) is 18.0 Å². The van der Waals surface area contributed by atoms with Crippen LogP contribution in [-0.4, -0.2) is 47.3 Å². The number of carbonyl (C=O) groups is 2. The molecule has 1 rings (SSSR count). The highest BCUT2D eigenvalue weighted by Crippen LogP contribution is 2.34. The lowest BCUT2D eigenvalue weighted by Crippen LogP contribution is -2.48. The van der Waals surface area contributed by atoms with Gasteiger partial charge in [-0.15, -0.1) is 0 Å². The van der Waals surface area contributed by atoms with E-state index in [2.05, 4.69) is 5.32 Å². The number of alkyl halides is 3. The summed E-state index contributed by atoms with van der Waals surface area (Å²) in [4.78, 5) is 23.5. The van der Waals surface area contributed by atoms with E-state index in [1.807, 2.05) is 0 Å². The van der Waals surface area contributed by atoms with Gasteiger partial charge in [-0.05, 0) is 26.2 Å². The molecular formula is C12H19F3N2O3. The number of urea groups is 1. The molecule has 116 valence electrons. The van der Waals surface area contributed by atoms with Gasteiger partial charge in [0.15, 0.2) is 0 Å². The van der Waals surface area contributed by atoms with E-state index in [1.165, 1.54) is 4.90 Å². The first-order chi connectivity index (χ1) is 9.20. The molecule has 0 spiro atoms. The Kier molecular flexibility index (Phi) is 5.64. The Hall–Kier alpha value is -1.47. The normalized spacial score (nSPS) is 18.7. The molecule has 1 saturated heterocycles. The number of hydrogen-bond donors (Lipinski definition) is 2. The Morgan fingerprint density at radius 3 is 2.35 bits per heavy atom. The van der Waals surface area contributed by atoms with Gasteiger partial charge in [-0.25, -0.2) is 4.79 Å². The summed E-state index contributed by atoms with van der Waals surface area (Å²) in [7, 11) is 0. The van der Waals surface area contributed by atoms with Gasteiger partial charge >= 0.3 is 18.2 Å². The number of aliphatic carboxylic acids is 1. The fraction of sp³-hybridized carbons (Fsp3) is 0.833. The molecule has 1 aliphatic heterocycles. The Morgan fingerprint density at radius 1 is 1.35 bits per heavy atom. The van der Waals surface area contributed by atoms with E-state index in [0.717, 1.165) is 0 Å². The summed E-state index contributed by atoms with van der Waals surface area (Å²) in [5.41, 5.74) is 0. The summed E-state index contributed by atoms with van der Waals surface area (Å²) in [6, 6.07) is -0.748. The molecule has 0 aliphatic carbocycles. The van der Waals surface area contributed by atoms with Crippen molar-refractivity contribution >= 4 is 12.0 Å². The summed E-state index contributed by atoms with van der Waals surface area (Å²) in [6.45, 7) is 1.81. The van der Waals surface area contributed by atoms with Gasteiger partial charge in [0, 0.05) is 25.6 Å². The predicted octanol–water partition coefficient (Wildman–Crippen LogP) is 2.22. The van der Waals surface area contributed by atoms with E-state index in [-0.39, 0.29) is 38.4 Å². The van der Waals surface area contributed by atoms with Crippen molar-refractivity contribution in [2.75, 3.05) is 13.1 Å². The number of likely N-dealkylation sites (tertiary alicyclic amines) is 1. The molecule has 0 aromatic rings.